The molecule has 0 aromatic carbocycles. The van der Waals surface area contributed by atoms with Crippen LogP contribution >= 0.6 is 0 Å². The molecule has 0 amide bonds. The first-order chi connectivity index (χ1) is 33.7. The smallest absolute Gasteiger partial charge is 0.339 e. The minimum atomic E-state index is -2.19. The van der Waals surface area contributed by atoms with Crippen LogP contribution in [0.4, 0.5) is 0 Å². The number of aliphatic hydroxyl groups is 19. The van der Waals surface area contributed by atoms with Crippen LogP contribution in [-0.4, -0.2) is 327 Å². The zero-order valence-corrected chi connectivity index (χ0v) is 37.3. The third kappa shape index (κ3) is 12.4. The first-order valence-corrected chi connectivity index (χ1v) is 22.2. The Kier molecular flexibility index (Phi) is 20.9. The maximum Gasteiger partial charge on any atom is 0.339 e. The van der Waals surface area contributed by atoms with Gasteiger partial charge in [0.1, 0.15) is 146 Å². The lowest BCUT2D eigenvalue weighted by Crippen LogP contribution is -2.68. The van der Waals surface area contributed by atoms with Crippen LogP contribution < -0.4 is 0 Å². The Morgan fingerprint density at radius 2 is 0.521 bits per heavy atom. The fourth-order valence-corrected chi connectivity index (χ4v) is 8.70. The van der Waals surface area contributed by atoms with Crippen LogP contribution in [0.15, 0.2) is 0 Å². The average Bonchev–Trinajstić information content (AvgIpc) is 3.35. The van der Waals surface area contributed by atoms with Crippen molar-refractivity contribution in [2.24, 2.45) is 0 Å². The molecular formula is C38H64O33. The largest absolute Gasteiger partial charge is 0.394 e. The van der Waals surface area contributed by atoms with Gasteiger partial charge in [-0.1, -0.05) is 0 Å². The van der Waals surface area contributed by atoms with E-state index in [4.69, 9.17) is 52.1 Å². The Labute approximate surface area is 400 Å². The van der Waals surface area contributed by atoms with Crippen LogP contribution in [0.5, 0.6) is 0 Å². The molecule has 0 aromatic heterocycles. The number of rotatable bonds is 18. The van der Waals surface area contributed by atoms with Gasteiger partial charge in [-0.3, -0.25) is 4.89 Å². The van der Waals surface area contributed by atoms with Gasteiger partial charge in [0, 0.05) is 6.92 Å². The van der Waals surface area contributed by atoms with E-state index in [0.29, 0.717) is 0 Å². The number of carbonyl (C=O) groups is 1. The van der Waals surface area contributed by atoms with Crippen molar-refractivity contribution in [3.8, 4) is 0 Å². The molecule has 0 aromatic rings. The lowest BCUT2D eigenvalue weighted by Gasteiger charge is -2.49. The normalized spacial score (nSPS) is 50.9. The van der Waals surface area contributed by atoms with Crippen molar-refractivity contribution in [3.05, 3.63) is 0 Å². The fourth-order valence-electron chi connectivity index (χ4n) is 8.70. The van der Waals surface area contributed by atoms with E-state index in [1.165, 1.54) is 0 Å². The molecule has 0 unspecified atom stereocenters. The van der Waals surface area contributed by atoms with E-state index in [1.54, 1.807) is 0 Å². The van der Waals surface area contributed by atoms with Crippen molar-refractivity contribution in [2.45, 2.75) is 191 Å². The number of hydrogen-bond acceptors (Lipinski definition) is 33. The molecule has 33 heteroatoms. The van der Waals surface area contributed by atoms with Crippen molar-refractivity contribution >= 4 is 5.97 Å². The van der Waals surface area contributed by atoms with Gasteiger partial charge in [0.15, 0.2) is 31.5 Å². The van der Waals surface area contributed by atoms with Crippen molar-refractivity contribution in [1.82, 2.24) is 0 Å². The summed E-state index contributed by atoms with van der Waals surface area (Å²) in [5.41, 5.74) is 0. The number of hydrogen-bond donors (Lipinski definition) is 19. The van der Waals surface area contributed by atoms with Crippen molar-refractivity contribution in [2.75, 3.05) is 39.6 Å². The third-order valence-corrected chi connectivity index (χ3v) is 12.7. The highest BCUT2D eigenvalue weighted by molar-refractivity contribution is 5.65. The first-order valence-electron chi connectivity index (χ1n) is 22.2. The molecule has 0 spiro atoms. The lowest BCUT2D eigenvalue weighted by atomic mass is 9.95. The minimum Gasteiger partial charge on any atom is -0.394 e. The van der Waals surface area contributed by atoms with E-state index < -0.39 is 230 Å². The summed E-state index contributed by atoms with van der Waals surface area (Å²) in [7, 11) is 0. The van der Waals surface area contributed by atoms with Crippen molar-refractivity contribution in [1.29, 1.82) is 0 Å². The summed E-state index contributed by atoms with van der Waals surface area (Å²) in [5, 5.41) is 201. The van der Waals surface area contributed by atoms with Gasteiger partial charge in [-0.05, 0) is 0 Å². The zero-order chi connectivity index (χ0) is 52.3. The molecule has 0 radical (unpaired) electrons. The summed E-state index contributed by atoms with van der Waals surface area (Å²) < 4.78 is 61.0. The molecule has 6 rings (SSSR count). The van der Waals surface area contributed by atoms with Gasteiger partial charge in [-0.2, -0.15) is 0 Å². The van der Waals surface area contributed by atoms with E-state index in [0.717, 1.165) is 6.92 Å². The summed E-state index contributed by atoms with van der Waals surface area (Å²) in [4.78, 5) is 20.1. The molecule has 0 saturated carbocycles. The SMILES string of the molecule is CC(=O)OO[C@H]1O[C@H](CO)[C@@H](O[C@H]2O[C@H](CO)[C@@H](O[C@H]3O[C@H](CO)[C@@H](O[C@H]4O[C@H](CO)[C@@H](O[C@H]5O[C@H](CO)[C@@H](O[C@H]6O[C@H](CO)[C@@H](O)[C@H](O)[C@H]6O)[C@H](O)[C@H]5O)[C@H](O)[C@H]4O)[C@H](O)[C@H]3O)[C@H](O)[C@H]2O)[C@H](O)[C@H]1O. The highest BCUT2D eigenvalue weighted by Crippen LogP contribution is 2.37. The first kappa shape index (κ1) is 58.5. The predicted octanol–water partition coefficient (Wildman–Crippen LogP) is -13.6. The second-order valence-corrected chi connectivity index (χ2v) is 17.4. The Morgan fingerprint density at radius 3 is 0.761 bits per heavy atom. The standard InChI is InChI=1S/C38H64O33/c1-8(45)70-71-38-27(58)21(52)32(14(7-44)64-38)69-37-26(57)20(51)31(13(6-43)63-37)68-36-25(56)19(50)30(12(5-42)62-36)67-35-24(55)18(49)29(11(4-41)61-35)66-34-23(54)17(48)28(10(3-40)60-34)65-33-22(53)16(47)15(46)9(2-39)59-33/h9-44,46-58H,2-7H2,1H3/t9-,10-,11-,12-,13-,14-,15-,16+,17-,18-,19-,20-,21-,22-,23-,24-,25-,26-,27-,28-,29-,30-,31-,32-,33-,34-,35-,36-,37-,38-/m1/s1. The van der Waals surface area contributed by atoms with Gasteiger partial charge in [0.25, 0.3) is 0 Å². The van der Waals surface area contributed by atoms with E-state index in [9.17, 15) is 102 Å². The maximum absolute atomic E-state index is 11.2. The molecule has 0 aliphatic carbocycles. The summed E-state index contributed by atoms with van der Waals surface area (Å²) in [6.45, 7) is -4.83. The van der Waals surface area contributed by atoms with Gasteiger partial charge >= 0.3 is 5.97 Å². The van der Waals surface area contributed by atoms with Crippen LogP contribution in [0.3, 0.4) is 0 Å². The molecule has 0 bridgehead atoms. The van der Waals surface area contributed by atoms with Crippen LogP contribution in [0.25, 0.3) is 0 Å². The average molecular weight is 1050 g/mol. The van der Waals surface area contributed by atoms with Gasteiger partial charge < -0.3 is 149 Å². The molecule has 6 aliphatic rings. The Bertz CT molecular complexity index is 1630. The maximum atomic E-state index is 11.2. The summed E-state index contributed by atoms with van der Waals surface area (Å²) in [6.07, 6.45) is -57.1. The topological polar surface area (TPSA) is 521 Å². The fraction of sp³-hybridized carbons (Fsp3) is 0.974. The Balaban J connectivity index is 1.06. The molecular weight excluding hydrogens is 984 g/mol. The minimum absolute atomic E-state index is 0.835. The van der Waals surface area contributed by atoms with Crippen LogP contribution in [0.2, 0.25) is 0 Å². The predicted molar refractivity (Wildman–Crippen MR) is 210 cm³/mol. The second-order valence-electron chi connectivity index (χ2n) is 17.4. The molecule has 33 nitrogen and oxygen atoms in total. The molecule has 30 atom stereocenters. The summed E-state index contributed by atoms with van der Waals surface area (Å²) >= 11 is 0. The van der Waals surface area contributed by atoms with Crippen molar-refractivity contribution < 1.29 is 164 Å². The Hall–Kier alpha value is -1.77. The van der Waals surface area contributed by atoms with Gasteiger partial charge in [0.05, 0.1) is 39.6 Å². The van der Waals surface area contributed by atoms with Crippen LogP contribution in [0.1, 0.15) is 6.92 Å². The molecule has 19 N–H and O–H groups in total. The van der Waals surface area contributed by atoms with E-state index >= 15 is 0 Å². The Morgan fingerprint density at radius 1 is 0.310 bits per heavy atom. The van der Waals surface area contributed by atoms with Gasteiger partial charge in [-0.25, -0.2) is 4.79 Å². The molecule has 6 fully saturated rings. The highest BCUT2D eigenvalue weighted by atomic mass is 17.2. The quantitative estimate of drug-likeness (QED) is 0.0448. The molecule has 6 heterocycles. The lowest BCUT2D eigenvalue weighted by molar-refractivity contribution is -0.419. The van der Waals surface area contributed by atoms with Crippen LogP contribution in [-0.2, 0) is 66.7 Å². The van der Waals surface area contributed by atoms with Crippen LogP contribution in [0, 0.1) is 0 Å². The van der Waals surface area contributed by atoms with Gasteiger partial charge in [-0.15, -0.1) is 4.89 Å². The molecule has 6 saturated heterocycles. The molecule has 6 aliphatic heterocycles. The molecule has 71 heavy (non-hydrogen) atoms. The number of ether oxygens (including phenoxy) is 11. The molecule has 414 valence electrons. The number of aliphatic hydroxyl groups excluding tert-OH is 19. The van der Waals surface area contributed by atoms with Crippen molar-refractivity contribution in [3.63, 3.8) is 0 Å². The number of carbonyl (C=O) groups excluding carboxylic acids is 1. The second kappa shape index (κ2) is 25.4. The zero-order valence-electron chi connectivity index (χ0n) is 37.3. The van der Waals surface area contributed by atoms with E-state index in [-0.39, 0.29) is 0 Å². The highest BCUT2D eigenvalue weighted by Gasteiger charge is 2.57. The summed E-state index contributed by atoms with van der Waals surface area (Å²) in [6, 6.07) is 0. The summed E-state index contributed by atoms with van der Waals surface area (Å²) in [5.74, 6) is -0.951. The third-order valence-electron chi connectivity index (χ3n) is 12.7. The van der Waals surface area contributed by atoms with Gasteiger partial charge in [0.2, 0.25) is 6.29 Å². The van der Waals surface area contributed by atoms with E-state index in [1.807, 2.05) is 0 Å². The van der Waals surface area contributed by atoms with E-state index in [2.05, 4.69) is 9.78 Å². The monoisotopic (exact) mass is 1050 g/mol.